The van der Waals surface area contributed by atoms with Gasteiger partial charge in [0.05, 0.1) is 23.6 Å². The lowest BCUT2D eigenvalue weighted by Gasteiger charge is -2.36. The number of hydrogen-bond acceptors (Lipinski definition) is 7. The molecule has 9 nitrogen and oxygen atoms in total. The van der Waals surface area contributed by atoms with E-state index in [-0.39, 0.29) is 23.8 Å². The zero-order valence-electron chi connectivity index (χ0n) is 18.1. The van der Waals surface area contributed by atoms with Crippen molar-refractivity contribution in [2.75, 3.05) is 31.7 Å². The van der Waals surface area contributed by atoms with Crippen LogP contribution in [0, 0.1) is 10.1 Å². The third-order valence-corrected chi connectivity index (χ3v) is 5.44. The molecule has 1 fully saturated rings. The maximum absolute atomic E-state index is 13.5. The lowest BCUT2D eigenvalue weighted by Crippen LogP contribution is -2.44. The van der Waals surface area contributed by atoms with Crippen molar-refractivity contribution >= 4 is 23.3 Å². The summed E-state index contributed by atoms with van der Waals surface area (Å²) in [4.78, 5) is 36.4. The Morgan fingerprint density at radius 1 is 1.09 bits per heavy atom. The van der Waals surface area contributed by atoms with E-state index in [4.69, 9.17) is 14.2 Å². The van der Waals surface area contributed by atoms with Crippen molar-refractivity contribution in [1.82, 2.24) is 0 Å². The van der Waals surface area contributed by atoms with Crippen molar-refractivity contribution in [2.45, 2.75) is 32.1 Å². The van der Waals surface area contributed by atoms with Crippen molar-refractivity contribution in [3.8, 4) is 5.75 Å². The Labute approximate surface area is 185 Å². The molecule has 1 aliphatic rings. The Morgan fingerprint density at radius 3 is 2.38 bits per heavy atom. The molecule has 0 unspecified atom stereocenters. The van der Waals surface area contributed by atoms with Crippen molar-refractivity contribution in [3.63, 3.8) is 0 Å². The first-order chi connectivity index (χ1) is 15.4. The van der Waals surface area contributed by atoms with Gasteiger partial charge >= 0.3 is 5.97 Å². The van der Waals surface area contributed by atoms with Crippen LogP contribution in [0.3, 0.4) is 0 Å². The van der Waals surface area contributed by atoms with E-state index in [0.29, 0.717) is 49.7 Å². The number of ether oxygens (including phenoxy) is 3. The fourth-order valence-corrected chi connectivity index (χ4v) is 3.78. The van der Waals surface area contributed by atoms with Gasteiger partial charge in [0.25, 0.3) is 5.69 Å². The van der Waals surface area contributed by atoms with Crippen molar-refractivity contribution in [3.05, 3.63) is 63.7 Å². The molecule has 2 aromatic carbocycles. The molecule has 1 aliphatic heterocycles. The van der Waals surface area contributed by atoms with E-state index >= 15 is 0 Å². The summed E-state index contributed by atoms with van der Waals surface area (Å²) in [5, 5.41) is 13.9. The average molecular weight is 442 g/mol. The van der Waals surface area contributed by atoms with Gasteiger partial charge in [-0.25, -0.2) is 4.79 Å². The fourth-order valence-electron chi connectivity index (χ4n) is 3.78. The third kappa shape index (κ3) is 4.88. The Morgan fingerprint density at radius 2 is 1.78 bits per heavy atom. The summed E-state index contributed by atoms with van der Waals surface area (Å²) in [7, 11) is 0. The number of carbonyl (C=O) groups excluding carboxylic acids is 2. The largest absolute Gasteiger partial charge is 0.493 e. The number of benzene rings is 2. The van der Waals surface area contributed by atoms with E-state index in [1.807, 2.05) is 6.92 Å². The first-order valence-corrected chi connectivity index (χ1v) is 10.5. The van der Waals surface area contributed by atoms with Crippen LogP contribution in [-0.2, 0) is 19.7 Å². The van der Waals surface area contributed by atoms with Gasteiger partial charge in [-0.05, 0) is 50.5 Å². The minimum atomic E-state index is -0.907. The average Bonchev–Trinajstić information content (AvgIpc) is 2.80. The SMILES string of the molecule is CCOC(=O)c1cc(NC(=O)C2(c3ccc([N+](=O)[O-])cc3)CCOCC2)ccc1OCC. The highest BCUT2D eigenvalue weighted by Gasteiger charge is 2.42. The molecule has 1 heterocycles. The van der Waals surface area contributed by atoms with Crippen molar-refractivity contribution in [2.24, 2.45) is 0 Å². The smallest absolute Gasteiger partial charge is 0.341 e. The summed E-state index contributed by atoms with van der Waals surface area (Å²) in [5.41, 5.74) is 0.385. The summed E-state index contributed by atoms with van der Waals surface area (Å²) in [6.45, 7) is 4.89. The predicted molar refractivity (Wildman–Crippen MR) is 117 cm³/mol. The molecule has 0 bridgehead atoms. The third-order valence-electron chi connectivity index (χ3n) is 5.44. The standard InChI is InChI=1S/C23H26N2O7/c1-3-31-20-10-7-17(15-19(20)21(26)32-4-2)24-22(27)23(11-13-30-14-12-23)16-5-8-18(9-6-16)25(28)29/h5-10,15H,3-4,11-14H2,1-2H3,(H,24,27). The molecule has 0 saturated carbocycles. The normalized spacial score (nSPS) is 14.9. The molecule has 1 saturated heterocycles. The molecule has 3 rings (SSSR count). The van der Waals surface area contributed by atoms with Crippen LogP contribution in [0.1, 0.15) is 42.6 Å². The van der Waals surface area contributed by atoms with Crippen LogP contribution in [0.5, 0.6) is 5.75 Å². The number of nitrogens with one attached hydrogen (secondary N) is 1. The van der Waals surface area contributed by atoms with E-state index in [2.05, 4.69) is 5.32 Å². The maximum Gasteiger partial charge on any atom is 0.341 e. The second kappa shape index (κ2) is 10.2. The van der Waals surface area contributed by atoms with E-state index in [1.54, 1.807) is 31.2 Å². The zero-order valence-corrected chi connectivity index (χ0v) is 18.1. The fraction of sp³-hybridized carbons (Fsp3) is 0.391. The van der Waals surface area contributed by atoms with Gasteiger partial charge in [0, 0.05) is 31.0 Å². The number of nitro groups is 1. The van der Waals surface area contributed by atoms with Crippen LogP contribution in [0.25, 0.3) is 0 Å². The number of nitrogens with zero attached hydrogens (tertiary/aromatic N) is 1. The molecular formula is C23H26N2O7. The predicted octanol–water partition coefficient (Wildman–Crippen LogP) is 3.86. The molecule has 0 atom stereocenters. The monoisotopic (exact) mass is 442 g/mol. The Hall–Kier alpha value is -3.46. The van der Waals surface area contributed by atoms with Gasteiger partial charge < -0.3 is 19.5 Å². The van der Waals surface area contributed by atoms with Crippen molar-refractivity contribution in [1.29, 1.82) is 0 Å². The molecule has 0 aromatic heterocycles. The van der Waals surface area contributed by atoms with Crippen LogP contribution < -0.4 is 10.1 Å². The van der Waals surface area contributed by atoms with Crippen molar-refractivity contribution < 1.29 is 28.7 Å². The van der Waals surface area contributed by atoms with Crippen LogP contribution in [-0.4, -0.2) is 43.2 Å². The molecule has 0 aliphatic carbocycles. The van der Waals surface area contributed by atoms with E-state index < -0.39 is 16.3 Å². The first-order valence-electron chi connectivity index (χ1n) is 10.5. The maximum atomic E-state index is 13.5. The number of hydrogen-bond donors (Lipinski definition) is 1. The Bertz CT molecular complexity index is 982. The lowest BCUT2D eigenvalue weighted by molar-refractivity contribution is -0.384. The number of nitro benzene ring substituents is 1. The van der Waals surface area contributed by atoms with Crippen LogP contribution in [0.4, 0.5) is 11.4 Å². The summed E-state index contributed by atoms with van der Waals surface area (Å²) in [6, 6.07) is 10.8. The zero-order chi connectivity index (χ0) is 23.1. The number of carbonyl (C=O) groups is 2. The number of esters is 1. The number of amides is 1. The minimum Gasteiger partial charge on any atom is -0.493 e. The summed E-state index contributed by atoms with van der Waals surface area (Å²) >= 11 is 0. The highest BCUT2D eigenvalue weighted by Crippen LogP contribution is 2.37. The molecule has 1 N–H and O–H groups in total. The Balaban J connectivity index is 1.92. The van der Waals surface area contributed by atoms with Gasteiger partial charge in [0.1, 0.15) is 11.3 Å². The van der Waals surface area contributed by atoms with Gasteiger partial charge in [-0.1, -0.05) is 12.1 Å². The van der Waals surface area contributed by atoms with E-state index in [0.717, 1.165) is 0 Å². The number of anilines is 1. The first kappa shape index (κ1) is 23.2. The topological polar surface area (TPSA) is 117 Å². The Kier molecular flexibility index (Phi) is 7.42. The van der Waals surface area contributed by atoms with Gasteiger partial charge in [-0.3, -0.25) is 14.9 Å². The van der Waals surface area contributed by atoms with Gasteiger partial charge in [0.15, 0.2) is 0 Å². The van der Waals surface area contributed by atoms with Gasteiger partial charge in [-0.2, -0.15) is 0 Å². The summed E-state index contributed by atoms with van der Waals surface area (Å²) < 4.78 is 16.1. The number of rotatable bonds is 8. The van der Waals surface area contributed by atoms with Crippen LogP contribution in [0.2, 0.25) is 0 Å². The minimum absolute atomic E-state index is 0.0399. The van der Waals surface area contributed by atoms with E-state index in [1.165, 1.54) is 18.2 Å². The highest BCUT2D eigenvalue weighted by molar-refractivity contribution is 6.01. The second-order valence-electron chi connectivity index (χ2n) is 7.32. The molecule has 2 aromatic rings. The van der Waals surface area contributed by atoms with Gasteiger partial charge in [0.2, 0.25) is 5.91 Å². The molecule has 1 amide bonds. The quantitative estimate of drug-likeness (QED) is 0.375. The summed E-state index contributed by atoms with van der Waals surface area (Å²) in [5.74, 6) is -0.433. The molecule has 170 valence electrons. The molecular weight excluding hydrogens is 416 g/mol. The molecule has 0 radical (unpaired) electrons. The van der Waals surface area contributed by atoms with Crippen LogP contribution >= 0.6 is 0 Å². The van der Waals surface area contributed by atoms with E-state index in [9.17, 15) is 19.7 Å². The lowest BCUT2D eigenvalue weighted by atomic mass is 9.73. The number of non-ortho nitro benzene ring substituents is 1. The summed E-state index contributed by atoms with van der Waals surface area (Å²) in [6.07, 6.45) is 0.858. The highest BCUT2D eigenvalue weighted by atomic mass is 16.6. The molecule has 9 heteroatoms. The molecule has 32 heavy (non-hydrogen) atoms. The second-order valence-corrected chi connectivity index (χ2v) is 7.32. The van der Waals surface area contributed by atoms with Crippen LogP contribution in [0.15, 0.2) is 42.5 Å². The molecule has 0 spiro atoms. The van der Waals surface area contributed by atoms with Gasteiger partial charge in [-0.15, -0.1) is 0 Å².